The molecule has 1 rings (SSSR count). The molecule has 5 heteroatoms. The van der Waals surface area contributed by atoms with Crippen LogP contribution < -0.4 is 0 Å². The normalized spacial score (nSPS) is 9.58. The van der Waals surface area contributed by atoms with Crippen LogP contribution in [0, 0.1) is 5.82 Å². The van der Waals surface area contributed by atoms with E-state index in [9.17, 15) is 9.18 Å². The van der Waals surface area contributed by atoms with E-state index in [1.165, 1.54) is 13.2 Å². The highest BCUT2D eigenvalue weighted by Crippen LogP contribution is 2.11. The van der Waals surface area contributed by atoms with Gasteiger partial charge in [0.1, 0.15) is 4.60 Å². The summed E-state index contributed by atoms with van der Waals surface area (Å²) in [6, 6.07) is 2.55. The van der Waals surface area contributed by atoms with Gasteiger partial charge in [0, 0.05) is 0 Å². The smallest absolute Gasteiger partial charge is 0.359 e. The van der Waals surface area contributed by atoms with E-state index in [1.54, 1.807) is 0 Å². The molecule has 0 saturated carbocycles. The van der Waals surface area contributed by atoms with Crippen molar-refractivity contribution in [2.24, 2.45) is 0 Å². The molecule has 0 N–H and O–H groups in total. The number of nitrogens with zero attached hydrogens (tertiary/aromatic N) is 1. The summed E-state index contributed by atoms with van der Waals surface area (Å²) in [7, 11) is 1.17. The maximum Gasteiger partial charge on any atom is 0.359 e. The van der Waals surface area contributed by atoms with Crippen molar-refractivity contribution in [3.8, 4) is 0 Å². The van der Waals surface area contributed by atoms with Crippen LogP contribution in [0.3, 0.4) is 0 Å². The van der Waals surface area contributed by atoms with E-state index in [1.807, 2.05) is 0 Å². The number of hydrogen-bond donors (Lipinski definition) is 0. The SMILES string of the molecule is COC(=O)c1nc(Br)ccc1F. The molecule has 0 bridgehead atoms. The van der Waals surface area contributed by atoms with Crippen LogP contribution in [-0.4, -0.2) is 18.1 Å². The lowest BCUT2D eigenvalue weighted by atomic mass is 10.3. The third-order valence-electron chi connectivity index (χ3n) is 1.19. The van der Waals surface area contributed by atoms with Gasteiger partial charge in [-0.1, -0.05) is 0 Å². The van der Waals surface area contributed by atoms with Crippen LogP contribution in [0.2, 0.25) is 0 Å². The number of aromatic nitrogens is 1. The van der Waals surface area contributed by atoms with Gasteiger partial charge in [0.2, 0.25) is 0 Å². The molecule has 0 atom stereocenters. The van der Waals surface area contributed by atoms with E-state index < -0.39 is 11.8 Å². The largest absolute Gasteiger partial charge is 0.464 e. The quantitative estimate of drug-likeness (QED) is 0.549. The molecule has 0 aliphatic rings. The number of rotatable bonds is 1. The first-order chi connectivity index (χ1) is 5.65. The summed E-state index contributed by atoms with van der Waals surface area (Å²) in [5, 5.41) is 0. The van der Waals surface area contributed by atoms with Crippen LogP contribution in [0.1, 0.15) is 10.5 Å². The molecule has 1 aromatic heterocycles. The van der Waals surface area contributed by atoms with Crippen molar-refractivity contribution < 1.29 is 13.9 Å². The van der Waals surface area contributed by atoms with Gasteiger partial charge < -0.3 is 4.74 Å². The Morgan fingerprint density at radius 3 is 2.92 bits per heavy atom. The Balaban J connectivity index is 3.13. The lowest BCUT2D eigenvalue weighted by Crippen LogP contribution is -2.07. The second-order valence-corrected chi connectivity index (χ2v) is 2.77. The van der Waals surface area contributed by atoms with Crippen LogP contribution >= 0.6 is 15.9 Å². The molecular formula is C7H5BrFNO2. The van der Waals surface area contributed by atoms with Gasteiger partial charge in [0.15, 0.2) is 11.5 Å². The predicted molar refractivity (Wildman–Crippen MR) is 43.2 cm³/mol. The molecule has 0 aliphatic heterocycles. The highest BCUT2D eigenvalue weighted by molar-refractivity contribution is 9.10. The van der Waals surface area contributed by atoms with Gasteiger partial charge in [-0.05, 0) is 28.1 Å². The Morgan fingerprint density at radius 1 is 1.67 bits per heavy atom. The Labute approximate surface area is 76.7 Å². The number of esters is 1. The highest BCUT2D eigenvalue weighted by atomic mass is 79.9. The topological polar surface area (TPSA) is 39.2 Å². The first kappa shape index (κ1) is 9.12. The predicted octanol–water partition coefficient (Wildman–Crippen LogP) is 1.77. The second-order valence-electron chi connectivity index (χ2n) is 1.96. The standard InChI is InChI=1S/C7H5BrFNO2/c1-12-7(11)6-4(9)2-3-5(8)10-6/h2-3H,1H3. The molecule has 1 aromatic rings. The first-order valence-corrected chi connectivity index (χ1v) is 3.85. The zero-order chi connectivity index (χ0) is 9.14. The Hall–Kier alpha value is -0.970. The lowest BCUT2D eigenvalue weighted by molar-refractivity contribution is 0.0588. The fourth-order valence-corrected chi connectivity index (χ4v) is 0.968. The first-order valence-electron chi connectivity index (χ1n) is 3.05. The molecule has 0 fully saturated rings. The van der Waals surface area contributed by atoms with Gasteiger partial charge in [0.05, 0.1) is 7.11 Å². The summed E-state index contributed by atoms with van der Waals surface area (Å²) < 4.78 is 17.5. The van der Waals surface area contributed by atoms with Gasteiger partial charge in [-0.15, -0.1) is 0 Å². The molecule has 3 nitrogen and oxygen atoms in total. The van der Waals surface area contributed by atoms with Crippen molar-refractivity contribution in [2.45, 2.75) is 0 Å². The number of halogens is 2. The molecule has 0 amide bonds. The minimum atomic E-state index is -0.784. The average molecular weight is 234 g/mol. The van der Waals surface area contributed by atoms with Crippen molar-refractivity contribution >= 4 is 21.9 Å². The zero-order valence-electron chi connectivity index (χ0n) is 6.17. The molecular weight excluding hydrogens is 229 g/mol. The summed E-state index contributed by atoms with van der Waals surface area (Å²) in [4.78, 5) is 14.5. The van der Waals surface area contributed by atoms with E-state index in [4.69, 9.17) is 0 Å². The summed E-state index contributed by atoms with van der Waals surface area (Å²) in [6.07, 6.45) is 0. The molecule has 0 unspecified atom stereocenters. The number of methoxy groups -OCH3 is 1. The monoisotopic (exact) mass is 233 g/mol. The minimum absolute atomic E-state index is 0.313. The van der Waals surface area contributed by atoms with Gasteiger partial charge in [-0.3, -0.25) is 0 Å². The number of ether oxygens (including phenoxy) is 1. The van der Waals surface area contributed by atoms with Crippen molar-refractivity contribution in [1.29, 1.82) is 0 Å². The van der Waals surface area contributed by atoms with Crippen LogP contribution in [0.5, 0.6) is 0 Å². The summed E-state index contributed by atoms with van der Waals surface area (Å²) in [5.74, 6) is -1.47. The summed E-state index contributed by atoms with van der Waals surface area (Å²) >= 11 is 3.01. The zero-order valence-corrected chi connectivity index (χ0v) is 7.76. The number of carbonyl (C=O) groups is 1. The average Bonchev–Trinajstić information content (AvgIpc) is 2.08. The maximum atomic E-state index is 12.8. The van der Waals surface area contributed by atoms with E-state index >= 15 is 0 Å². The van der Waals surface area contributed by atoms with Gasteiger partial charge in [0.25, 0.3) is 0 Å². The van der Waals surface area contributed by atoms with E-state index in [0.717, 1.165) is 6.07 Å². The third kappa shape index (κ3) is 1.79. The van der Waals surface area contributed by atoms with E-state index in [0.29, 0.717) is 4.60 Å². The molecule has 1 heterocycles. The molecule has 0 aromatic carbocycles. The van der Waals surface area contributed by atoms with Crippen LogP contribution in [0.4, 0.5) is 4.39 Å². The van der Waals surface area contributed by atoms with Crippen molar-refractivity contribution in [3.63, 3.8) is 0 Å². The Bertz CT molecular complexity index is 316. The number of hydrogen-bond acceptors (Lipinski definition) is 3. The Morgan fingerprint density at radius 2 is 2.33 bits per heavy atom. The van der Waals surface area contributed by atoms with E-state index in [-0.39, 0.29) is 5.69 Å². The van der Waals surface area contributed by atoms with Crippen LogP contribution in [0.15, 0.2) is 16.7 Å². The van der Waals surface area contributed by atoms with Crippen LogP contribution in [0.25, 0.3) is 0 Å². The molecule has 64 valence electrons. The molecule has 0 aliphatic carbocycles. The fraction of sp³-hybridized carbons (Fsp3) is 0.143. The van der Waals surface area contributed by atoms with Gasteiger partial charge >= 0.3 is 5.97 Å². The molecule has 0 spiro atoms. The van der Waals surface area contributed by atoms with Crippen molar-refractivity contribution in [1.82, 2.24) is 4.98 Å². The van der Waals surface area contributed by atoms with Gasteiger partial charge in [-0.2, -0.15) is 0 Å². The second kappa shape index (κ2) is 3.62. The highest BCUT2D eigenvalue weighted by Gasteiger charge is 2.13. The fourth-order valence-electron chi connectivity index (χ4n) is 0.658. The lowest BCUT2D eigenvalue weighted by Gasteiger charge is -1.99. The third-order valence-corrected chi connectivity index (χ3v) is 1.63. The number of pyridine rings is 1. The molecule has 0 saturated heterocycles. The summed E-state index contributed by atoms with van der Waals surface area (Å²) in [5.41, 5.74) is -0.313. The maximum absolute atomic E-state index is 12.8. The molecule has 12 heavy (non-hydrogen) atoms. The van der Waals surface area contributed by atoms with Gasteiger partial charge in [-0.25, -0.2) is 14.2 Å². The summed E-state index contributed by atoms with van der Waals surface area (Å²) in [6.45, 7) is 0. The number of carbonyl (C=O) groups excluding carboxylic acids is 1. The van der Waals surface area contributed by atoms with E-state index in [2.05, 4.69) is 25.7 Å². The Kier molecular flexibility index (Phi) is 2.75. The molecule has 0 radical (unpaired) electrons. The van der Waals surface area contributed by atoms with Crippen molar-refractivity contribution in [2.75, 3.05) is 7.11 Å². The minimum Gasteiger partial charge on any atom is -0.464 e. The van der Waals surface area contributed by atoms with Crippen LogP contribution in [-0.2, 0) is 4.74 Å². The van der Waals surface area contributed by atoms with Crippen molar-refractivity contribution in [3.05, 3.63) is 28.2 Å².